The van der Waals surface area contributed by atoms with Crippen LogP contribution >= 0.6 is 11.3 Å². The van der Waals surface area contributed by atoms with E-state index in [2.05, 4.69) is 4.98 Å². The first-order valence-corrected chi connectivity index (χ1v) is 13.3. The minimum absolute atomic E-state index is 0.0162. The van der Waals surface area contributed by atoms with E-state index in [1.807, 2.05) is 13.8 Å². The predicted octanol–water partition coefficient (Wildman–Crippen LogP) is 5.39. The van der Waals surface area contributed by atoms with Gasteiger partial charge in [0.2, 0.25) is 0 Å². The second kappa shape index (κ2) is 10.1. The molecule has 0 spiro atoms. The molecular formula is C29H28N2O6S. The van der Waals surface area contributed by atoms with Crippen LogP contribution in [0.1, 0.15) is 65.3 Å². The Labute approximate surface area is 224 Å². The van der Waals surface area contributed by atoms with Crippen LogP contribution in [0, 0.1) is 6.92 Å². The van der Waals surface area contributed by atoms with Crippen molar-refractivity contribution in [1.82, 2.24) is 4.98 Å². The summed E-state index contributed by atoms with van der Waals surface area (Å²) in [6.07, 6.45) is 1.51. The number of aliphatic hydroxyl groups is 1. The van der Waals surface area contributed by atoms with Crippen molar-refractivity contribution in [3.63, 3.8) is 0 Å². The Bertz CT molecular complexity index is 1490. The van der Waals surface area contributed by atoms with E-state index in [-0.39, 0.29) is 28.4 Å². The summed E-state index contributed by atoms with van der Waals surface area (Å²) in [5.74, 6) is -0.782. The number of Topliss-reactive ketones (excluding diaryl/α,β-unsaturated/α-hetero) is 2. The lowest BCUT2D eigenvalue weighted by molar-refractivity contribution is -0.132. The fourth-order valence-corrected chi connectivity index (χ4v) is 5.87. The SMILES string of the molecule is CCCOc1cccc([C@H]2C(=C(O)c3ccc4c(c3)C[C@@H](C)O4)C(=O)C(=O)N2c2nc(C)c(C(C)=O)s2)c1. The minimum atomic E-state index is -0.964. The number of hydrogen-bond donors (Lipinski definition) is 1. The van der Waals surface area contributed by atoms with Crippen LogP contribution in [0.15, 0.2) is 48.0 Å². The smallest absolute Gasteiger partial charge is 0.301 e. The highest BCUT2D eigenvalue weighted by Gasteiger charge is 2.48. The van der Waals surface area contributed by atoms with Gasteiger partial charge < -0.3 is 14.6 Å². The number of fused-ring (bicyclic) bond motifs is 1. The Kier molecular flexibility index (Phi) is 6.79. The largest absolute Gasteiger partial charge is 0.507 e. The summed E-state index contributed by atoms with van der Waals surface area (Å²) in [6.45, 7) is 7.59. The Morgan fingerprint density at radius 3 is 2.74 bits per heavy atom. The molecule has 0 unspecified atom stereocenters. The van der Waals surface area contributed by atoms with Crippen molar-refractivity contribution in [2.24, 2.45) is 0 Å². The Morgan fingerprint density at radius 2 is 2.03 bits per heavy atom. The molecule has 196 valence electrons. The van der Waals surface area contributed by atoms with Crippen molar-refractivity contribution < 1.29 is 29.0 Å². The van der Waals surface area contributed by atoms with E-state index in [0.717, 1.165) is 29.1 Å². The molecule has 0 radical (unpaired) electrons. The highest BCUT2D eigenvalue weighted by molar-refractivity contribution is 7.18. The molecule has 1 amide bonds. The number of hydrogen-bond acceptors (Lipinski definition) is 8. The molecule has 8 nitrogen and oxygen atoms in total. The standard InChI is InChI=1S/C29H28N2O6S/c1-5-11-36-21-8-6-7-18(14-21)24-23(25(33)19-9-10-22-20(13-19)12-15(2)37-22)26(34)28(35)31(24)29-30-16(3)27(38-29)17(4)32/h6-10,13-15,24,33H,5,11-12H2,1-4H3/t15-,24+/m1/s1. The van der Waals surface area contributed by atoms with Crippen LogP contribution in [0.4, 0.5) is 5.13 Å². The van der Waals surface area contributed by atoms with Crippen molar-refractivity contribution in [2.75, 3.05) is 11.5 Å². The van der Waals surface area contributed by atoms with Crippen LogP contribution in [-0.2, 0) is 16.0 Å². The van der Waals surface area contributed by atoms with Crippen LogP contribution in [-0.4, -0.2) is 40.3 Å². The molecule has 3 aromatic rings. The van der Waals surface area contributed by atoms with Gasteiger partial charge in [-0.3, -0.25) is 19.3 Å². The number of aryl methyl sites for hydroxylation is 1. The second-order valence-electron chi connectivity index (χ2n) is 9.51. The molecule has 1 N–H and O–H groups in total. The molecule has 5 rings (SSSR count). The highest BCUT2D eigenvalue weighted by atomic mass is 32.1. The van der Waals surface area contributed by atoms with Gasteiger partial charge in [-0.25, -0.2) is 4.98 Å². The molecule has 0 bridgehead atoms. The third-order valence-corrected chi connectivity index (χ3v) is 7.83. The van der Waals surface area contributed by atoms with Crippen molar-refractivity contribution in [3.8, 4) is 11.5 Å². The molecule has 2 aromatic carbocycles. The summed E-state index contributed by atoms with van der Waals surface area (Å²) in [5.41, 5.74) is 2.35. The molecular weight excluding hydrogens is 504 g/mol. The number of nitrogens with zero attached hydrogens (tertiary/aromatic N) is 2. The van der Waals surface area contributed by atoms with Gasteiger partial charge in [0.05, 0.1) is 28.8 Å². The summed E-state index contributed by atoms with van der Waals surface area (Å²) in [5, 5.41) is 11.7. The summed E-state index contributed by atoms with van der Waals surface area (Å²) < 4.78 is 11.6. The van der Waals surface area contributed by atoms with Crippen molar-refractivity contribution in [3.05, 3.63) is 75.3 Å². The number of aliphatic hydroxyl groups excluding tert-OH is 1. The fraction of sp³-hybridized carbons (Fsp3) is 0.310. The third kappa shape index (κ3) is 4.47. The number of ether oxygens (including phenoxy) is 2. The zero-order valence-corrected chi connectivity index (χ0v) is 22.4. The topological polar surface area (TPSA) is 106 Å². The number of amides is 1. The normalized spacial score (nSPS) is 19.9. The van der Waals surface area contributed by atoms with E-state index in [1.54, 1.807) is 49.4 Å². The quantitative estimate of drug-likeness (QED) is 0.188. The van der Waals surface area contributed by atoms with Gasteiger partial charge in [-0.05, 0) is 61.7 Å². The van der Waals surface area contributed by atoms with E-state index >= 15 is 0 Å². The number of thiazole rings is 1. The Balaban J connectivity index is 1.68. The molecule has 2 atom stereocenters. The summed E-state index contributed by atoms with van der Waals surface area (Å²) in [6, 6.07) is 11.4. The molecule has 0 saturated carbocycles. The zero-order valence-electron chi connectivity index (χ0n) is 21.6. The first-order valence-electron chi connectivity index (χ1n) is 12.5. The van der Waals surface area contributed by atoms with Crippen LogP contribution in [0.3, 0.4) is 0 Å². The van der Waals surface area contributed by atoms with Gasteiger partial charge >= 0.3 is 5.91 Å². The number of rotatable bonds is 7. The number of ketones is 2. The van der Waals surface area contributed by atoms with Crippen molar-refractivity contribution >= 4 is 39.7 Å². The monoisotopic (exact) mass is 532 g/mol. The average Bonchev–Trinajstić information content (AvgIpc) is 3.54. The van der Waals surface area contributed by atoms with Crippen LogP contribution in [0.5, 0.6) is 11.5 Å². The molecule has 1 aromatic heterocycles. The number of carbonyl (C=O) groups is 3. The van der Waals surface area contributed by atoms with E-state index in [0.29, 0.717) is 40.5 Å². The van der Waals surface area contributed by atoms with Gasteiger partial charge in [0.15, 0.2) is 10.9 Å². The van der Waals surface area contributed by atoms with Crippen LogP contribution in [0.2, 0.25) is 0 Å². The lowest BCUT2D eigenvalue weighted by Crippen LogP contribution is -2.29. The molecule has 3 heterocycles. The van der Waals surface area contributed by atoms with Gasteiger partial charge in [-0.15, -0.1) is 0 Å². The van der Waals surface area contributed by atoms with Crippen molar-refractivity contribution in [1.29, 1.82) is 0 Å². The average molecular weight is 533 g/mol. The maximum absolute atomic E-state index is 13.5. The fourth-order valence-electron chi connectivity index (χ4n) is 4.88. The molecule has 38 heavy (non-hydrogen) atoms. The van der Waals surface area contributed by atoms with Gasteiger partial charge in [-0.2, -0.15) is 0 Å². The maximum Gasteiger partial charge on any atom is 0.301 e. The maximum atomic E-state index is 13.5. The Hall–Kier alpha value is -3.98. The van der Waals surface area contributed by atoms with Crippen LogP contribution in [0.25, 0.3) is 5.76 Å². The van der Waals surface area contributed by atoms with Gasteiger partial charge in [0.25, 0.3) is 5.78 Å². The first kappa shape index (κ1) is 25.7. The number of carbonyl (C=O) groups excluding carboxylic acids is 3. The van der Waals surface area contributed by atoms with E-state index in [9.17, 15) is 19.5 Å². The summed E-state index contributed by atoms with van der Waals surface area (Å²) >= 11 is 1.05. The van der Waals surface area contributed by atoms with E-state index in [1.165, 1.54) is 11.8 Å². The van der Waals surface area contributed by atoms with Gasteiger partial charge in [0.1, 0.15) is 23.4 Å². The second-order valence-corrected chi connectivity index (χ2v) is 10.5. The van der Waals surface area contributed by atoms with Gasteiger partial charge in [0, 0.05) is 18.9 Å². The Morgan fingerprint density at radius 1 is 1.24 bits per heavy atom. The molecule has 2 aliphatic rings. The highest BCUT2D eigenvalue weighted by Crippen LogP contribution is 2.45. The van der Waals surface area contributed by atoms with Crippen LogP contribution < -0.4 is 14.4 Å². The molecule has 1 fully saturated rings. The molecule has 1 saturated heterocycles. The molecule has 9 heteroatoms. The van der Waals surface area contributed by atoms with E-state index in [4.69, 9.17) is 9.47 Å². The van der Waals surface area contributed by atoms with Crippen molar-refractivity contribution in [2.45, 2.75) is 52.7 Å². The zero-order chi connectivity index (χ0) is 27.1. The molecule has 2 aliphatic heterocycles. The predicted molar refractivity (Wildman–Crippen MR) is 144 cm³/mol. The lowest BCUT2D eigenvalue weighted by Gasteiger charge is -2.23. The minimum Gasteiger partial charge on any atom is -0.507 e. The summed E-state index contributed by atoms with van der Waals surface area (Å²) in [7, 11) is 0. The van der Waals surface area contributed by atoms with Gasteiger partial charge in [-0.1, -0.05) is 30.4 Å². The third-order valence-electron chi connectivity index (χ3n) is 6.57. The summed E-state index contributed by atoms with van der Waals surface area (Å²) in [4.78, 5) is 45.3. The number of benzene rings is 2. The first-order chi connectivity index (χ1) is 18.2. The van der Waals surface area contributed by atoms with E-state index < -0.39 is 17.7 Å². The lowest BCUT2D eigenvalue weighted by atomic mass is 9.94. The number of aromatic nitrogens is 1. The number of anilines is 1. The molecule has 0 aliphatic carbocycles.